The predicted molar refractivity (Wildman–Crippen MR) is 80.9 cm³/mol. The molecular formula is C17H32O. The van der Waals surface area contributed by atoms with Crippen LogP contribution in [0.15, 0.2) is 12.2 Å². The van der Waals surface area contributed by atoms with E-state index in [1.54, 1.807) is 0 Å². The lowest BCUT2D eigenvalue weighted by atomic mass is 10.0. The summed E-state index contributed by atoms with van der Waals surface area (Å²) in [6.45, 7) is 2.10. The largest absolute Gasteiger partial charge is 0.303 e. The normalized spacial score (nSPS) is 11.2. The van der Waals surface area contributed by atoms with Crippen LogP contribution in [0.4, 0.5) is 0 Å². The quantitative estimate of drug-likeness (QED) is 0.216. The van der Waals surface area contributed by atoms with Crippen molar-refractivity contribution in [3.8, 4) is 0 Å². The van der Waals surface area contributed by atoms with Gasteiger partial charge in [-0.1, -0.05) is 69.9 Å². The second-order valence-corrected chi connectivity index (χ2v) is 5.20. The molecule has 0 aliphatic rings. The summed E-state index contributed by atoms with van der Waals surface area (Å²) in [7, 11) is 0. The van der Waals surface area contributed by atoms with Gasteiger partial charge in [-0.2, -0.15) is 0 Å². The number of hydrogen-bond donors (Lipinski definition) is 0. The number of hydrogen-bond acceptors (Lipinski definition) is 1. The van der Waals surface area contributed by atoms with Gasteiger partial charge in [-0.15, -0.1) is 0 Å². The van der Waals surface area contributed by atoms with Crippen LogP contribution in [0.25, 0.3) is 0 Å². The van der Waals surface area contributed by atoms with Crippen molar-refractivity contribution in [2.75, 3.05) is 0 Å². The van der Waals surface area contributed by atoms with E-state index in [0.717, 1.165) is 19.1 Å². The molecule has 1 heteroatoms. The van der Waals surface area contributed by atoms with E-state index in [9.17, 15) is 4.79 Å². The summed E-state index contributed by atoms with van der Waals surface area (Å²) in [5.74, 6) is 0. The van der Waals surface area contributed by atoms with Crippen molar-refractivity contribution in [3.63, 3.8) is 0 Å². The van der Waals surface area contributed by atoms with Crippen LogP contribution in [0.5, 0.6) is 0 Å². The van der Waals surface area contributed by atoms with Gasteiger partial charge in [0.15, 0.2) is 0 Å². The van der Waals surface area contributed by atoms with Gasteiger partial charge in [0.05, 0.1) is 0 Å². The maximum absolute atomic E-state index is 10.1. The third-order valence-electron chi connectivity index (χ3n) is 3.43. The zero-order chi connectivity index (χ0) is 13.3. The summed E-state index contributed by atoms with van der Waals surface area (Å²) in [6, 6.07) is 0. The molecule has 0 aromatic rings. The Morgan fingerprint density at radius 2 is 1.00 bits per heavy atom. The van der Waals surface area contributed by atoms with Crippen molar-refractivity contribution in [3.05, 3.63) is 12.2 Å². The topological polar surface area (TPSA) is 17.1 Å². The molecule has 0 saturated heterocycles. The Hall–Kier alpha value is -0.590. The van der Waals surface area contributed by atoms with Crippen molar-refractivity contribution in [2.24, 2.45) is 0 Å². The fourth-order valence-corrected chi connectivity index (χ4v) is 2.25. The molecule has 0 heterocycles. The average molecular weight is 252 g/mol. The number of allylic oxidation sites excluding steroid dienone is 2. The zero-order valence-corrected chi connectivity index (χ0v) is 12.3. The van der Waals surface area contributed by atoms with Crippen LogP contribution >= 0.6 is 0 Å². The Labute approximate surface area is 114 Å². The van der Waals surface area contributed by atoms with E-state index in [1.165, 1.54) is 70.6 Å². The summed E-state index contributed by atoms with van der Waals surface area (Å²) < 4.78 is 0. The molecule has 0 aromatic heterocycles. The lowest BCUT2D eigenvalue weighted by molar-refractivity contribution is -0.107. The van der Waals surface area contributed by atoms with Crippen molar-refractivity contribution >= 4 is 6.29 Å². The van der Waals surface area contributed by atoms with Crippen LogP contribution in [0.3, 0.4) is 0 Å². The van der Waals surface area contributed by atoms with Gasteiger partial charge < -0.3 is 4.79 Å². The third-order valence-corrected chi connectivity index (χ3v) is 3.43. The Balaban J connectivity index is 2.92. The predicted octanol–water partition coefficient (Wildman–Crippen LogP) is 5.83. The number of carbonyl (C=O) groups is 1. The highest BCUT2D eigenvalue weighted by Gasteiger charge is 1.93. The van der Waals surface area contributed by atoms with E-state index in [4.69, 9.17) is 0 Å². The van der Waals surface area contributed by atoms with Gasteiger partial charge in [-0.3, -0.25) is 0 Å². The van der Waals surface area contributed by atoms with Crippen LogP contribution in [0.1, 0.15) is 90.4 Å². The van der Waals surface area contributed by atoms with Crippen molar-refractivity contribution in [1.82, 2.24) is 0 Å². The van der Waals surface area contributed by atoms with Crippen LogP contribution in [0, 0.1) is 0 Å². The summed E-state index contributed by atoms with van der Waals surface area (Å²) in [6.07, 6.45) is 22.3. The molecule has 0 aromatic carbocycles. The molecule has 0 radical (unpaired) electrons. The first-order chi connectivity index (χ1) is 8.91. The van der Waals surface area contributed by atoms with Crippen molar-refractivity contribution in [1.29, 1.82) is 0 Å². The summed E-state index contributed by atoms with van der Waals surface area (Å²) in [4.78, 5) is 10.1. The third kappa shape index (κ3) is 15.4. The Kier molecular flexibility index (Phi) is 15.9. The highest BCUT2D eigenvalue weighted by Crippen LogP contribution is 2.12. The summed E-state index contributed by atoms with van der Waals surface area (Å²) >= 11 is 0. The van der Waals surface area contributed by atoms with Gasteiger partial charge in [0.2, 0.25) is 0 Å². The lowest BCUT2D eigenvalue weighted by Crippen LogP contribution is -1.83. The van der Waals surface area contributed by atoms with Gasteiger partial charge in [0.1, 0.15) is 6.29 Å². The molecule has 1 nitrogen and oxygen atoms in total. The maximum atomic E-state index is 10.1. The van der Waals surface area contributed by atoms with E-state index in [2.05, 4.69) is 19.1 Å². The van der Waals surface area contributed by atoms with Crippen LogP contribution in [-0.2, 0) is 4.79 Å². The Bertz CT molecular complexity index is 184. The summed E-state index contributed by atoms with van der Waals surface area (Å²) in [5, 5.41) is 0. The Morgan fingerprint density at radius 3 is 1.39 bits per heavy atom. The monoisotopic (exact) mass is 252 g/mol. The minimum Gasteiger partial charge on any atom is -0.303 e. The summed E-state index contributed by atoms with van der Waals surface area (Å²) in [5.41, 5.74) is 0. The molecule has 0 saturated carbocycles. The molecule has 0 N–H and O–H groups in total. The molecule has 106 valence electrons. The zero-order valence-electron chi connectivity index (χ0n) is 12.3. The molecule has 0 aliphatic carbocycles. The fraction of sp³-hybridized carbons (Fsp3) is 0.824. The molecule has 18 heavy (non-hydrogen) atoms. The second kappa shape index (κ2) is 16.4. The standard InChI is InChI=1S/C17H32O/c1-2-3-4-5-6-7-8-9-10-11-12-13-14-15-16-17-18/h2-3,17H,4-16H2,1H3. The molecule has 0 rings (SSSR count). The molecule has 0 spiro atoms. The van der Waals surface area contributed by atoms with Gasteiger partial charge in [0.25, 0.3) is 0 Å². The van der Waals surface area contributed by atoms with E-state index >= 15 is 0 Å². The van der Waals surface area contributed by atoms with Crippen LogP contribution < -0.4 is 0 Å². The maximum Gasteiger partial charge on any atom is 0.119 e. The fourth-order valence-electron chi connectivity index (χ4n) is 2.25. The SMILES string of the molecule is CC=CCCCCCCCCCCCCCC=O. The molecule has 0 atom stereocenters. The van der Waals surface area contributed by atoms with E-state index in [1.807, 2.05) is 0 Å². The highest BCUT2D eigenvalue weighted by atomic mass is 16.1. The first-order valence-corrected chi connectivity index (χ1v) is 7.96. The first kappa shape index (κ1) is 17.4. The van der Waals surface area contributed by atoms with E-state index in [-0.39, 0.29) is 0 Å². The molecule has 0 unspecified atom stereocenters. The first-order valence-electron chi connectivity index (χ1n) is 7.96. The Morgan fingerprint density at radius 1 is 0.611 bits per heavy atom. The van der Waals surface area contributed by atoms with E-state index in [0.29, 0.717) is 0 Å². The number of aldehydes is 1. The van der Waals surface area contributed by atoms with Gasteiger partial charge in [0, 0.05) is 6.42 Å². The van der Waals surface area contributed by atoms with Gasteiger partial charge in [-0.05, 0) is 26.2 Å². The number of carbonyl (C=O) groups excluding carboxylic acids is 1. The van der Waals surface area contributed by atoms with E-state index < -0.39 is 0 Å². The average Bonchev–Trinajstić information content (AvgIpc) is 2.39. The van der Waals surface area contributed by atoms with Crippen LogP contribution in [0.2, 0.25) is 0 Å². The molecular weight excluding hydrogens is 220 g/mol. The van der Waals surface area contributed by atoms with Gasteiger partial charge >= 0.3 is 0 Å². The molecule has 0 aliphatic heterocycles. The smallest absolute Gasteiger partial charge is 0.119 e. The van der Waals surface area contributed by atoms with Gasteiger partial charge in [-0.25, -0.2) is 0 Å². The number of unbranched alkanes of at least 4 members (excludes halogenated alkanes) is 12. The lowest BCUT2D eigenvalue weighted by Gasteiger charge is -2.02. The highest BCUT2D eigenvalue weighted by molar-refractivity contribution is 5.48. The number of rotatable bonds is 14. The van der Waals surface area contributed by atoms with Crippen molar-refractivity contribution in [2.45, 2.75) is 90.4 Å². The second-order valence-electron chi connectivity index (χ2n) is 5.20. The van der Waals surface area contributed by atoms with Crippen molar-refractivity contribution < 1.29 is 4.79 Å². The minimum atomic E-state index is 0.757. The molecule has 0 fully saturated rings. The molecule has 0 amide bonds. The minimum absolute atomic E-state index is 0.757. The molecule has 0 bridgehead atoms. The van der Waals surface area contributed by atoms with Crippen LogP contribution in [-0.4, -0.2) is 6.29 Å².